The van der Waals surface area contributed by atoms with Gasteiger partial charge in [-0.1, -0.05) is 53.4 Å². The summed E-state index contributed by atoms with van der Waals surface area (Å²) in [7, 11) is 0. The number of carbonyl (C=O) groups is 1. The molecule has 0 bridgehead atoms. The Morgan fingerprint density at radius 3 is 2.47 bits per heavy atom. The van der Waals surface area contributed by atoms with E-state index < -0.39 is 11.5 Å². The van der Waals surface area contributed by atoms with Gasteiger partial charge in [0.05, 0.1) is 0 Å². The number of carboxylic acids is 1. The lowest BCUT2D eigenvalue weighted by Gasteiger charge is -2.34. The summed E-state index contributed by atoms with van der Waals surface area (Å²) in [5.41, 5.74) is 0.372. The Morgan fingerprint density at radius 1 is 1.26 bits per heavy atom. The summed E-state index contributed by atoms with van der Waals surface area (Å²) in [6.45, 7) is 0.591. The minimum absolute atomic E-state index is 0. The third-order valence-electron chi connectivity index (χ3n) is 3.69. The molecule has 0 saturated heterocycles. The van der Waals surface area contributed by atoms with E-state index in [1.54, 1.807) is 0 Å². The summed E-state index contributed by atoms with van der Waals surface area (Å²) in [4.78, 5) is 11.5. The molecule has 1 aliphatic carbocycles. The molecule has 1 aromatic rings. The van der Waals surface area contributed by atoms with Gasteiger partial charge in [0.15, 0.2) is 0 Å². The third kappa shape index (κ3) is 3.94. The van der Waals surface area contributed by atoms with Crippen molar-refractivity contribution in [1.82, 2.24) is 5.32 Å². The zero-order chi connectivity index (χ0) is 13.0. The Bertz CT molecular complexity index is 433. The summed E-state index contributed by atoms with van der Waals surface area (Å²) in [6.07, 6.45) is 4.59. The highest BCUT2D eigenvalue weighted by Crippen LogP contribution is 2.29. The van der Waals surface area contributed by atoms with Crippen molar-refractivity contribution in [3.63, 3.8) is 0 Å². The average Bonchev–Trinajstić information content (AvgIpc) is 2.39. The van der Waals surface area contributed by atoms with E-state index in [-0.39, 0.29) is 12.4 Å². The van der Waals surface area contributed by atoms with Crippen molar-refractivity contribution in [2.24, 2.45) is 0 Å². The molecule has 0 amide bonds. The molecule has 1 fully saturated rings. The predicted molar refractivity (Wildman–Crippen MR) is 81.7 cm³/mol. The molecule has 1 aliphatic rings. The lowest BCUT2D eigenvalue weighted by atomic mass is 9.81. The second-order valence-electron chi connectivity index (χ2n) is 4.89. The van der Waals surface area contributed by atoms with E-state index in [9.17, 15) is 9.90 Å². The molecule has 1 aromatic carbocycles. The van der Waals surface area contributed by atoms with Crippen LogP contribution in [0.25, 0.3) is 0 Å². The molecule has 0 heterocycles. The van der Waals surface area contributed by atoms with Crippen LogP contribution in [0.15, 0.2) is 28.7 Å². The summed E-state index contributed by atoms with van der Waals surface area (Å²) >= 11 is 3.49. The standard InChI is InChI=1S/C14H18BrNO2.ClH/c15-12-7-3-2-6-11(12)10-16-14(13(17)18)8-4-1-5-9-14;/h2-3,6-7,16H,1,4-5,8-10H2,(H,17,18);1H. The molecule has 0 radical (unpaired) electrons. The number of carboxylic acid groups (broad SMARTS) is 1. The predicted octanol–water partition coefficient (Wildman–Crippen LogP) is 3.75. The molecular formula is C14H19BrClNO2. The maximum Gasteiger partial charge on any atom is 0.323 e. The summed E-state index contributed by atoms with van der Waals surface area (Å²) in [5.74, 6) is -0.714. The molecule has 0 aromatic heterocycles. The van der Waals surface area contributed by atoms with Gasteiger partial charge in [0.2, 0.25) is 0 Å². The average molecular weight is 349 g/mol. The van der Waals surface area contributed by atoms with Gasteiger partial charge in [-0.25, -0.2) is 0 Å². The second-order valence-corrected chi connectivity index (χ2v) is 5.75. The molecule has 0 spiro atoms. The van der Waals surface area contributed by atoms with Gasteiger partial charge in [0.25, 0.3) is 0 Å². The molecule has 106 valence electrons. The van der Waals surface area contributed by atoms with Crippen molar-refractivity contribution in [3.05, 3.63) is 34.3 Å². The largest absolute Gasteiger partial charge is 0.480 e. The first-order valence-electron chi connectivity index (χ1n) is 6.36. The normalized spacial score (nSPS) is 17.5. The summed E-state index contributed by atoms with van der Waals surface area (Å²) < 4.78 is 1.02. The maximum absolute atomic E-state index is 11.5. The first kappa shape index (κ1) is 16.5. The zero-order valence-corrected chi connectivity index (χ0v) is 13.1. The molecule has 5 heteroatoms. The summed E-state index contributed by atoms with van der Waals surface area (Å²) in [5, 5.41) is 12.7. The Kier molecular flexibility index (Phi) is 6.30. The monoisotopic (exact) mass is 347 g/mol. The number of nitrogens with one attached hydrogen (secondary N) is 1. The van der Waals surface area contributed by atoms with Crippen LogP contribution in [0.3, 0.4) is 0 Å². The van der Waals surface area contributed by atoms with Crippen molar-refractivity contribution < 1.29 is 9.90 Å². The van der Waals surface area contributed by atoms with Crippen LogP contribution >= 0.6 is 28.3 Å². The Morgan fingerprint density at radius 2 is 1.89 bits per heavy atom. The first-order valence-corrected chi connectivity index (χ1v) is 7.15. The van der Waals surface area contributed by atoms with E-state index in [2.05, 4.69) is 21.2 Å². The van der Waals surface area contributed by atoms with Crippen LogP contribution in [-0.2, 0) is 11.3 Å². The van der Waals surface area contributed by atoms with Crippen LogP contribution in [0.1, 0.15) is 37.7 Å². The van der Waals surface area contributed by atoms with Crippen molar-refractivity contribution in [3.8, 4) is 0 Å². The molecule has 0 aliphatic heterocycles. The number of halogens is 2. The fourth-order valence-electron chi connectivity index (χ4n) is 2.53. The molecule has 0 unspecified atom stereocenters. The quantitative estimate of drug-likeness (QED) is 0.871. The van der Waals surface area contributed by atoms with Gasteiger partial charge in [-0.3, -0.25) is 10.1 Å². The minimum atomic E-state index is -0.729. The van der Waals surface area contributed by atoms with Gasteiger partial charge in [0.1, 0.15) is 5.54 Å². The van der Waals surface area contributed by atoms with E-state index >= 15 is 0 Å². The molecule has 19 heavy (non-hydrogen) atoms. The van der Waals surface area contributed by atoms with Crippen LogP contribution in [0, 0.1) is 0 Å². The fourth-order valence-corrected chi connectivity index (χ4v) is 2.95. The van der Waals surface area contributed by atoms with Gasteiger partial charge in [-0.05, 0) is 24.5 Å². The minimum Gasteiger partial charge on any atom is -0.480 e. The Hall–Kier alpha value is -0.580. The molecule has 3 nitrogen and oxygen atoms in total. The lowest BCUT2D eigenvalue weighted by Crippen LogP contribution is -2.52. The van der Waals surface area contributed by atoms with Crippen molar-refractivity contribution in [2.45, 2.75) is 44.2 Å². The summed E-state index contributed by atoms with van der Waals surface area (Å²) in [6, 6.07) is 7.91. The van der Waals surface area contributed by atoms with Crippen LogP contribution in [0.5, 0.6) is 0 Å². The fraction of sp³-hybridized carbons (Fsp3) is 0.500. The highest BCUT2D eigenvalue weighted by molar-refractivity contribution is 9.10. The third-order valence-corrected chi connectivity index (χ3v) is 4.47. The van der Waals surface area contributed by atoms with Crippen molar-refractivity contribution in [1.29, 1.82) is 0 Å². The molecule has 0 atom stereocenters. The number of hydrogen-bond donors (Lipinski definition) is 2. The Labute approximate surface area is 128 Å². The van der Waals surface area contributed by atoms with Gasteiger partial charge in [-0.2, -0.15) is 0 Å². The van der Waals surface area contributed by atoms with Crippen LogP contribution < -0.4 is 5.32 Å². The van der Waals surface area contributed by atoms with Crippen LogP contribution in [-0.4, -0.2) is 16.6 Å². The number of hydrogen-bond acceptors (Lipinski definition) is 2. The van der Waals surface area contributed by atoms with E-state index in [4.69, 9.17) is 0 Å². The van der Waals surface area contributed by atoms with Gasteiger partial charge in [0, 0.05) is 11.0 Å². The number of aliphatic carboxylic acids is 1. The highest BCUT2D eigenvalue weighted by Gasteiger charge is 2.38. The first-order chi connectivity index (χ1) is 8.64. The van der Waals surface area contributed by atoms with Gasteiger partial charge in [-0.15, -0.1) is 12.4 Å². The number of benzene rings is 1. The van der Waals surface area contributed by atoms with Gasteiger partial charge < -0.3 is 5.11 Å². The molecule has 2 rings (SSSR count). The van der Waals surface area contributed by atoms with E-state index in [1.165, 1.54) is 0 Å². The zero-order valence-electron chi connectivity index (χ0n) is 10.7. The second kappa shape index (κ2) is 7.27. The molecular weight excluding hydrogens is 330 g/mol. The molecule has 1 saturated carbocycles. The smallest absolute Gasteiger partial charge is 0.323 e. The van der Waals surface area contributed by atoms with Crippen LogP contribution in [0.4, 0.5) is 0 Å². The van der Waals surface area contributed by atoms with E-state index in [0.29, 0.717) is 6.54 Å². The number of rotatable bonds is 4. The maximum atomic E-state index is 11.5. The van der Waals surface area contributed by atoms with E-state index in [1.807, 2.05) is 24.3 Å². The van der Waals surface area contributed by atoms with Gasteiger partial charge >= 0.3 is 5.97 Å². The molecule has 2 N–H and O–H groups in total. The van der Waals surface area contributed by atoms with Crippen molar-refractivity contribution in [2.75, 3.05) is 0 Å². The van der Waals surface area contributed by atoms with E-state index in [0.717, 1.165) is 42.1 Å². The van der Waals surface area contributed by atoms with Crippen LogP contribution in [0.2, 0.25) is 0 Å². The topological polar surface area (TPSA) is 49.3 Å². The Balaban J connectivity index is 0.00000180. The lowest BCUT2D eigenvalue weighted by molar-refractivity contribution is -0.146. The van der Waals surface area contributed by atoms with Crippen molar-refractivity contribution >= 4 is 34.3 Å². The SMILES string of the molecule is Cl.O=C(O)C1(NCc2ccccc2Br)CCCCC1. The highest BCUT2D eigenvalue weighted by atomic mass is 79.9.